The van der Waals surface area contributed by atoms with Gasteiger partial charge in [-0.3, -0.25) is 9.59 Å². The molecule has 6 rings (SSSR count). The summed E-state index contributed by atoms with van der Waals surface area (Å²) in [5, 5.41) is 15.9. The third-order valence-corrected chi connectivity index (χ3v) is 12.5. The van der Waals surface area contributed by atoms with Crippen molar-refractivity contribution in [1.82, 2.24) is 15.1 Å². The van der Waals surface area contributed by atoms with Gasteiger partial charge in [0.2, 0.25) is 15.9 Å². The van der Waals surface area contributed by atoms with E-state index in [9.17, 15) is 31.2 Å². The Hall–Kier alpha value is -5.05. The highest BCUT2D eigenvalue weighted by Gasteiger charge is 2.38. The van der Waals surface area contributed by atoms with Crippen molar-refractivity contribution >= 4 is 27.8 Å². The normalized spacial score (nSPS) is 15.1. The minimum Gasteiger partial charge on any atom is -0.475 e. The number of nitrogens with zero attached hydrogens (tertiary/aromatic N) is 2. The molecule has 61 heavy (non-hydrogen) atoms. The zero-order chi connectivity index (χ0) is 43.8. The maximum atomic E-state index is 13.7. The number of amides is 2. The molecule has 0 bridgehead atoms. The fraction of sp³-hybridized carbons (Fsp3) is 0.426. The number of piperidine rings is 2. The molecule has 0 unspecified atom stereocenters. The number of carboxylic acid groups (broad SMARTS) is 1. The van der Waals surface area contributed by atoms with E-state index < -0.39 is 22.2 Å². The molecule has 0 spiro atoms. The Morgan fingerprint density at radius 3 is 1.93 bits per heavy atom. The number of carbonyl (C=O) groups excluding carboxylic acids is 2. The number of likely N-dealkylation sites (tertiary alicyclic amines) is 1. The molecular weight excluding hydrogens is 806 g/mol. The van der Waals surface area contributed by atoms with E-state index in [2.05, 4.69) is 29.6 Å². The largest absolute Gasteiger partial charge is 0.490 e. The topological polar surface area (TPSA) is 150 Å². The van der Waals surface area contributed by atoms with Crippen molar-refractivity contribution in [3.8, 4) is 11.1 Å². The van der Waals surface area contributed by atoms with Crippen LogP contribution in [0.15, 0.2) is 108 Å². The van der Waals surface area contributed by atoms with Gasteiger partial charge in [0, 0.05) is 38.2 Å². The summed E-state index contributed by atoms with van der Waals surface area (Å²) in [5.74, 6) is -0.973. The van der Waals surface area contributed by atoms with Crippen LogP contribution in [0.3, 0.4) is 0 Å². The molecule has 328 valence electrons. The van der Waals surface area contributed by atoms with Gasteiger partial charge in [-0.2, -0.15) is 13.2 Å². The monoisotopic (exact) mass is 862 g/mol. The number of aryl methyl sites for hydroxylation is 1. The molecule has 0 aliphatic carbocycles. The number of aliphatic carboxylic acids is 1. The first-order chi connectivity index (χ1) is 29.2. The van der Waals surface area contributed by atoms with Crippen LogP contribution in [0.1, 0.15) is 84.8 Å². The fourth-order valence-corrected chi connectivity index (χ4v) is 8.54. The van der Waals surface area contributed by atoms with Gasteiger partial charge in [-0.1, -0.05) is 92.1 Å². The second-order valence-corrected chi connectivity index (χ2v) is 17.6. The highest BCUT2D eigenvalue weighted by atomic mass is 32.2. The van der Waals surface area contributed by atoms with Crippen molar-refractivity contribution in [2.45, 2.75) is 88.2 Å². The number of halogens is 3. The van der Waals surface area contributed by atoms with Crippen LogP contribution in [-0.4, -0.2) is 80.0 Å². The van der Waals surface area contributed by atoms with Gasteiger partial charge < -0.3 is 20.2 Å². The first-order valence-corrected chi connectivity index (χ1v) is 22.6. The lowest BCUT2D eigenvalue weighted by molar-refractivity contribution is -0.192. The molecule has 2 saturated heterocycles. The molecule has 2 aliphatic heterocycles. The summed E-state index contributed by atoms with van der Waals surface area (Å²) in [6, 6.07) is 32.9. The molecule has 2 aliphatic rings. The van der Waals surface area contributed by atoms with Crippen molar-refractivity contribution in [1.29, 1.82) is 0 Å². The zero-order valence-electron chi connectivity index (χ0n) is 34.5. The van der Waals surface area contributed by atoms with Crippen molar-refractivity contribution in [3.63, 3.8) is 0 Å². The smallest absolute Gasteiger partial charge is 0.475 e. The molecule has 4 aromatic rings. The molecule has 4 N–H and O–H groups in total. The lowest BCUT2D eigenvalue weighted by Gasteiger charge is -2.32. The molecule has 2 amide bonds. The fourth-order valence-electron chi connectivity index (χ4n) is 8.02. The second-order valence-electron chi connectivity index (χ2n) is 16.0. The number of carboxylic acids is 1. The maximum absolute atomic E-state index is 13.7. The summed E-state index contributed by atoms with van der Waals surface area (Å²) < 4.78 is 55.2. The van der Waals surface area contributed by atoms with E-state index >= 15 is 0 Å². The molecule has 2 heterocycles. The number of alkyl halides is 3. The van der Waals surface area contributed by atoms with Gasteiger partial charge in [-0.05, 0) is 128 Å². The SMILES string of the molecule is NS(=O)(=O)c1ccc(CCN(Cc2cccc(-c3cccc(C(=O)N4CCC(CCCC5CCNCC5)CC4)c3)c2)C(=O)CCCc2ccccc2)cc1.O=C(O)C(F)(F)F. The van der Waals surface area contributed by atoms with Gasteiger partial charge in [0.25, 0.3) is 5.91 Å². The van der Waals surface area contributed by atoms with Crippen LogP contribution in [0.4, 0.5) is 13.2 Å². The van der Waals surface area contributed by atoms with Crippen molar-refractivity contribution in [3.05, 3.63) is 125 Å². The van der Waals surface area contributed by atoms with E-state index in [0.29, 0.717) is 31.5 Å². The number of primary sulfonamides is 1. The number of rotatable bonds is 16. The number of nitrogens with one attached hydrogen (secondary N) is 1. The van der Waals surface area contributed by atoms with Gasteiger partial charge in [0.1, 0.15) is 0 Å². The van der Waals surface area contributed by atoms with Crippen molar-refractivity contribution in [2.24, 2.45) is 17.0 Å². The van der Waals surface area contributed by atoms with E-state index in [1.807, 2.05) is 64.4 Å². The van der Waals surface area contributed by atoms with Crippen LogP contribution in [0.2, 0.25) is 0 Å². The van der Waals surface area contributed by atoms with Crippen LogP contribution >= 0.6 is 0 Å². The summed E-state index contributed by atoms with van der Waals surface area (Å²) in [6.45, 7) is 4.91. The Morgan fingerprint density at radius 2 is 1.31 bits per heavy atom. The summed E-state index contributed by atoms with van der Waals surface area (Å²) in [7, 11) is -3.77. The number of hydrogen-bond acceptors (Lipinski definition) is 6. The van der Waals surface area contributed by atoms with Gasteiger partial charge in [-0.25, -0.2) is 18.4 Å². The van der Waals surface area contributed by atoms with Crippen LogP contribution in [0.5, 0.6) is 0 Å². The second kappa shape index (κ2) is 22.7. The van der Waals surface area contributed by atoms with Gasteiger partial charge >= 0.3 is 12.1 Å². The van der Waals surface area contributed by atoms with Crippen LogP contribution in [-0.2, 0) is 39.0 Å². The van der Waals surface area contributed by atoms with Gasteiger partial charge in [-0.15, -0.1) is 0 Å². The van der Waals surface area contributed by atoms with E-state index in [4.69, 9.17) is 15.0 Å². The van der Waals surface area contributed by atoms with Crippen molar-refractivity contribution in [2.75, 3.05) is 32.7 Å². The quantitative estimate of drug-likeness (QED) is 0.103. The number of sulfonamides is 1. The molecule has 4 aromatic carbocycles. The average molecular weight is 863 g/mol. The van der Waals surface area contributed by atoms with Crippen LogP contribution in [0, 0.1) is 11.8 Å². The van der Waals surface area contributed by atoms with Crippen molar-refractivity contribution < 1.29 is 41.1 Å². The third-order valence-electron chi connectivity index (χ3n) is 11.5. The summed E-state index contributed by atoms with van der Waals surface area (Å²) >= 11 is 0. The Bertz CT molecular complexity index is 2140. The third kappa shape index (κ3) is 15.4. The minimum absolute atomic E-state index is 0.0703. The lowest BCUT2D eigenvalue weighted by atomic mass is 9.87. The molecule has 0 saturated carbocycles. The van der Waals surface area contributed by atoms with Gasteiger partial charge in [0.15, 0.2) is 0 Å². The summed E-state index contributed by atoms with van der Waals surface area (Å²) in [4.78, 5) is 40.3. The number of carbonyl (C=O) groups is 3. The molecule has 14 heteroatoms. The van der Waals surface area contributed by atoms with Crippen LogP contribution in [0.25, 0.3) is 11.1 Å². The first kappa shape index (κ1) is 47.0. The molecule has 0 radical (unpaired) electrons. The van der Waals surface area contributed by atoms with Crippen LogP contribution < -0.4 is 10.5 Å². The predicted molar refractivity (Wildman–Crippen MR) is 230 cm³/mol. The average Bonchev–Trinajstić information content (AvgIpc) is 3.25. The molecule has 0 atom stereocenters. The minimum atomic E-state index is -5.08. The standard InChI is InChI=1S/C45H56N4O4S.C2HF3O2/c46-54(52,53)43-20-18-38(19-21-43)26-31-49(44(50)17-6-12-35-8-2-1-3-9-35)34-39-13-5-14-40(32-39)41-15-7-16-42(33-41)45(51)48-29-24-37(25-30-48)11-4-10-36-22-27-47-28-23-36;3-2(4,5)1(6)7/h1-3,5,7-9,13-16,18-21,32-33,36-37,47H,4,6,10-12,17,22-31,34H2,(H2,46,52,53);(H,6,7). The lowest BCUT2D eigenvalue weighted by Crippen LogP contribution is -2.38. The molecule has 0 aromatic heterocycles. The maximum Gasteiger partial charge on any atom is 0.490 e. The Kier molecular flexibility index (Phi) is 17.5. The highest BCUT2D eigenvalue weighted by molar-refractivity contribution is 7.89. The summed E-state index contributed by atoms with van der Waals surface area (Å²) in [6.07, 6.45) is 6.23. The van der Waals surface area contributed by atoms with E-state index in [0.717, 1.165) is 72.9 Å². The Balaban J connectivity index is 0.000000925. The van der Waals surface area contributed by atoms with E-state index in [1.165, 1.54) is 62.9 Å². The Morgan fingerprint density at radius 1 is 0.738 bits per heavy atom. The van der Waals surface area contributed by atoms with E-state index in [-0.39, 0.29) is 16.7 Å². The molecular formula is C47H57F3N4O6S. The molecule has 2 fully saturated rings. The first-order valence-electron chi connectivity index (χ1n) is 21.1. The highest BCUT2D eigenvalue weighted by Crippen LogP contribution is 2.28. The number of nitrogens with two attached hydrogens (primary N) is 1. The number of benzene rings is 4. The molecule has 10 nitrogen and oxygen atoms in total. The number of hydrogen-bond donors (Lipinski definition) is 3. The zero-order valence-corrected chi connectivity index (χ0v) is 35.3. The predicted octanol–water partition coefficient (Wildman–Crippen LogP) is 8.25. The van der Waals surface area contributed by atoms with E-state index in [1.54, 1.807) is 12.1 Å². The summed E-state index contributed by atoms with van der Waals surface area (Å²) in [5.41, 5.74) is 5.84. The van der Waals surface area contributed by atoms with Gasteiger partial charge in [0.05, 0.1) is 4.90 Å². The Labute approximate surface area is 357 Å².